The van der Waals surface area contributed by atoms with Crippen LogP contribution in [-0.2, 0) is 11.3 Å². The van der Waals surface area contributed by atoms with Crippen LogP contribution in [0.3, 0.4) is 0 Å². The van der Waals surface area contributed by atoms with Crippen molar-refractivity contribution in [2.24, 2.45) is 4.99 Å². The van der Waals surface area contributed by atoms with Crippen LogP contribution in [0.4, 0.5) is 0 Å². The maximum atomic E-state index is 5.09. The lowest BCUT2D eigenvalue weighted by Gasteiger charge is -2.16. The lowest BCUT2D eigenvalue weighted by molar-refractivity contribution is 0.179. The fourth-order valence-electron chi connectivity index (χ4n) is 1.40. The molecule has 17 heavy (non-hydrogen) atoms. The summed E-state index contributed by atoms with van der Waals surface area (Å²) in [6.07, 6.45) is 0. The van der Waals surface area contributed by atoms with Crippen molar-refractivity contribution in [3.8, 4) is 0 Å². The van der Waals surface area contributed by atoms with E-state index in [-0.39, 0.29) is 6.04 Å². The molecule has 1 unspecified atom stereocenters. The molecule has 0 aliphatic rings. The highest BCUT2D eigenvalue weighted by atomic mass is 32.1. The Balaban J connectivity index is 2.48. The second-order valence-corrected chi connectivity index (χ2v) is 4.81. The second kappa shape index (κ2) is 8.08. The number of nitrogens with one attached hydrogen (secondary N) is 2. The fourth-order valence-corrected chi connectivity index (χ4v) is 2.03. The Morgan fingerprint density at radius 2 is 2.41 bits per heavy atom. The van der Waals surface area contributed by atoms with Gasteiger partial charge in [-0.1, -0.05) is 6.07 Å². The van der Waals surface area contributed by atoms with E-state index in [4.69, 9.17) is 4.74 Å². The van der Waals surface area contributed by atoms with Crippen molar-refractivity contribution in [3.05, 3.63) is 22.4 Å². The number of hydrogen-bond donors (Lipinski definition) is 2. The molecule has 1 atom stereocenters. The Labute approximate surface area is 107 Å². The van der Waals surface area contributed by atoms with E-state index in [1.165, 1.54) is 4.88 Å². The Kier molecular flexibility index (Phi) is 6.65. The second-order valence-electron chi connectivity index (χ2n) is 3.78. The van der Waals surface area contributed by atoms with Gasteiger partial charge in [-0.3, -0.25) is 0 Å². The number of hydrogen-bond acceptors (Lipinski definition) is 3. The molecular weight excluding hydrogens is 234 g/mol. The molecule has 96 valence electrons. The molecule has 0 bridgehead atoms. The molecule has 2 N–H and O–H groups in total. The van der Waals surface area contributed by atoms with Gasteiger partial charge in [0.05, 0.1) is 13.2 Å². The van der Waals surface area contributed by atoms with E-state index in [1.54, 1.807) is 18.4 Å². The molecule has 0 spiro atoms. The first-order chi connectivity index (χ1) is 8.26. The summed E-state index contributed by atoms with van der Waals surface area (Å²) < 4.78 is 5.09. The van der Waals surface area contributed by atoms with Gasteiger partial charge in [0.15, 0.2) is 5.96 Å². The van der Waals surface area contributed by atoms with Gasteiger partial charge in [0, 0.05) is 24.6 Å². The monoisotopic (exact) mass is 255 g/mol. The first kappa shape index (κ1) is 14.0. The topological polar surface area (TPSA) is 45.7 Å². The Morgan fingerprint density at radius 3 is 3.00 bits per heavy atom. The molecule has 0 saturated carbocycles. The lowest BCUT2D eigenvalue weighted by Crippen LogP contribution is -2.43. The van der Waals surface area contributed by atoms with Gasteiger partial charge in [0.2, 0.25) is 0 Å². The van der Waals surface area contributed by atoms with Gasteiger partial charge >= 0.3 is 0 Å². The average Bonchev–Trinajstić information content (AvgIpc) is 2.79. The predicted octanol–water partition coefficient (Wildman–Crippen LogP) is 1.84. The summed E-state index contributed by atoms with van der Waals surface area (Å²) in [5, 5.41) is 8.59. The van der Waals surface area contributed by atoms with Gasteiger partial charge in [-0.2, -0.15) is 0 Å². The Morgan fingerprint density at radius 1 is 1.59 bits per heavy atom. The summed E-state index contributed by atoms with van der Waals surface area (Å²) in [5.74, 6) is 0.838. The van der Waals surface area contributed by atoms with Crippen molar-refractivity contribution in [2.75, 3.05) is 20.3 Å². The quantitative estimate of drug-likeness (QED) is 0.602. The van der Waals surface area contributed by atoms with Crippen LogP contribution in [0.15, 0.2) is 22.5 Å². The molecule has 1 aromatic rings. The molecule has 0 amide bonds. The van der Waals surface area contributed by atoms with Gasteiger partial charge in [-0.25, -0.2) is 4.99 Å². The highest BCUT2D eigenvalue weighted by Crippen LogP contribution is 2.09. The third-order valence-corrected chi connectivity index (χ3v) is 2.98. The molecule has 0 fully saturated rings. The van der Waals surface area contributed by atoms with E-state index in [0.717, 1.165) is 12.5 Å². The number of guanidine groups is 1. The zero-order chi connectivity index (χ0) is 12.5. The maximum Gasteiger partial charge on any atom is 0.191 e. The minimum absolute atomic E-state index is 0.251. The van der Waals surface area contributed by atoms with Gasteiger partial charge in [0.1, 0.15) is 0 Å². The van der Waals surface area contributed by atoms with Gasteiger partial charge < -0.3 is 15.4 Å². The molecule has 0 radical (unpaired) electrons. The van der Waals surface area contributed by atoms with Crippen LogP contribution in [0, 0.1) is 0 Å². The van der Waals surface area contributed by atoms with Crippen LogP contribution in [0.5, 0.6) is 0 Å². The van der Waals surface area contributed by atoms with Crippen LogP contribution in [0.1, 0.15) is 18.7 Å². The number of methoxy groups -OCH3 is 1. The number of thiophene rings is 1. The predicted molar refractivity (Wildman–Crippen MR) is 73.6 cm³/mol. The van der Waals surface area contributed by atoms with E-state index in [9.17, 15) is 0 Å². The summed E-state index contributed by atoms with van der Waals surface area (Å²) in [6, 6.07) is 4.39. The third kappa shape index (κ3) is 5.70. The molecule has 0 saturated heterocycles. The Hall–Kier alpha value is -1.07. The van der Waals surface area contributed by atoms with E-state index >= 15 is 0 Å². The molecule has 0 aromatic carbocycles. The minimum Gasteiger partial charge on any atom is -0.383 e. The van der Waals surface area contributed by atoms with Crippen LogP contribution in [-0.4, -0.2) is 32.3 Å². The van der Waals surface area contributed by atoms with Gasteiger partial charge in [-0.05, 0) is 25.3 Å². The Bertz CT molecular complexity index is 325. The zero-order valence-corrected chi connectivity index (χ0v) is 11.5. The van der Waals surface area contributed by atoms with Crippen LogP contribution in [0.2, 0.25) is 0 Å². The number of aliphatic imine (C=N–C) groups is 1. The first-order valence-electron chi connectivity index (χ1n) is 5.82. The van der Waals surface area contributed by atoms with E-state index < -0.39 is 0 Å². The van der Waals surface area contributed by atoms with E-state index in [1.807, 2.05) is 6.07 Å². The summed E-state index contributed by atoms with van der Waals surface area (Å²) in [6.45, 7) is 6.37. The molecule has 1 aromatic heterocycles. The van der Waals surface area contributed by atoms with Gasteiger partial charge in [-0.15, -0.1) is 11.3 Å². The van der Waals surface area contributed by atoms with E-state index in [0.29, 0.717) is 13.2 Å². The normalized spacial score (nSPS) is 13.5. The smallest absolute Gasteiger partial charge is 0.191 e. The highest BCUT2D eigenvalue weighted by molar-refractivity contribution is 7.09. The molecular formula is C12H21N3OS. The first-order valence-corrected chi connectivity index (χ1v) is 6.70. The van der Waals surface area contributed by atoms with Gasteiger partial charge in [0.25, 0.3) is 0 Å². The number of rotatable bonds is 6. The van der Waals surface area contributed by atoms with E-state index in [2.05, 4.69) is 40.9 Å². The summed E-state index contributed by atoms with van der Waals surface area (Å²) >= 11 is 1.72. The SMILES string of the molecule is CCNC(=NCc1cccs1)NC(C)COC. The number of nitrogens with zero attached hydrogens (tertiary/aromatic N) is 1. The fraction of sp³-hybridized carbons (Fsp3) is 0.583. The van der Waals surface area contributed by atoms with Crippen LogP contribution < -0.4 is 10.6 Å². The van der Waals surface area contributed by atoms with Crippen LogP contribution >= 0.6 is 11.3 Å². The van der Waals surface area contributed by atoms with Crippen molar-refractivity contribution >= 4 is 17.3 Å². The molecule has 1 heterocycles. The largest absolute Gasteiger partial charge is 0.383 e. The number of ether oxygens (including phenoxy) is 1. The molecule has 5 heteroatoms. The summed E-state index contributed by atoms with van der Waals surface area (Å²) in [5.41, 5.74) is 0. The van der Waals surface area contributed by atoms with Crippen LogP contribution in [0.25, 0.3) is 0 Å². The standard InChI is InChI=1S/C12H21N3OS/c1-4-13-12(15-10(2)9-16-3)14-8-11-6-5-7-17-11/h5-7,10H,4,8-9H2,1-3H3,(H2,13,14,15). The average molecular weight is 255 g/mol. The maximum absolute atomic E-state index is 5.09. The highest BCUT2D eigenvalue weighted by Gasteiger charge is 2.04. The minimum atomic E-state index is 0.251. The molecule has 0 aliphatic heterocycles. The van der Waals surface area contributed by atoms with Crippen molar-refractivity contribution in [1.82, 2.24) is 10.6 Å². The molecule has 4 nitrogen and oxygen atoms in total. The lowest BCUT2D eigenvalue weighted by atomic mass is 10.4. The third-order valence-electron chi connectivity index (χ3n) is 2.12. The van der Waals surface area contributed by atoms with Crippen molar-refractivity contribution in [3.63, 3.8) is 0 Å². The summed E-state index contributed by atoms with van der Waals surface area (Å²) in [7, 11) is 1.70. The van der Waals surface area contributed by atoms with Crippen molar-refractivity contribution < 1.29 is 4.74 Å². The van der Waals surface area contributed by atoms with Crippen molar-refractivity contribution in [2.45, 2.75) is 26.4 Å². The molecule has 0 aliphatic carbocycles. The zero-order valence-electron chi connectivity index (χ0n) is 10.7. The van der Waals surface area contributed by atoms with Crippen molar-refractivity contribution in [1.29, 1.82) is 0 Å². The summed E-state index contributed by atoms with van der Waals surface area (Å²) in [4.78, 5) is 5.79. The molecule has 1 rings (SSSR count).